The summed E-state index contributed by atoms with van der Waals surface area (Å²) < 4.78 is 9.01. The van der Waals surface area contributed by atoms with Crippen LogP contribution in [0.25, 0.3) is 11.3 Å². The highest BCUT2D eigenvalue weighted by Crippen LogP contribution is 2.30. The summed E-state index contributed by atoms with van der Waals surface area (Å²) in [7, 11) is 0. The summed E-state index contributed by atoms with van der Waals surface area (Å²) in [6.07, 6.45) is 6.41. The molecule has 2 heterocycles. The van der Waals surface area contributed by atoms with E-state index in [2.05, 4.69) is 34.9 Å². The Labute approximate surface area is 141 Å². The molecule has 1 aromatic carbocycles. The van der Waals surface area contributed by atoms with E-state index in [0.29, 0.717) is 0 Å². The number of hydrogen-bond donors (Lipinski definition) is 0. The molecule has 0 aliphatic heterocycles. The van der Waals surface area contributed by atoms with Crippen LogP contribution < -0.4 is 0 Å². The molecule has 0 radical (unpaired) electrons. The number of furan rings is 1. The normalized spacial score (nSPS) is 13.7. The van der Waals surface area contributed by atoms with Crippen molar-refractivity contribution in [1.29, 1.82) is 0 Å². The maximum Gasteiger partial charge on any atom is 0.123 e. The smallest absolute Gasteiger partial charge is 0.123 e. The van der Waals surface area contributed by atoms with E-state index in [4.69, 9.17) is 16.6 Å². The minimum atomic E-state index is 0.759. The first-order valence-electron chi connectivity index (χ1n) is 8.16. The summed E-state index contributed by atoms with van der Waals surface area (Å²) in [5, 5.41) is 0. The van der Waals surface area contributed by atoms with Crippen molar-refractivity contribution in [2.24, 2.45) is 0 Å². The molecule has 0 saturated carbocycles. The summed E-state index contributed by atoms with van der Waals surface area (Å²) in [6.45, 7) is 0.759. The molecule has 116 valence electrons. The number of fused-ring (bicyclic) bond motifs is 1. The molecular formula is C20H19NOS. The van der Waals surface area contributed by atoms with E-state index in [-0.39, 0.29) is 0 Å². The Morgan fingerprint density at radius 3 is 2.61 bits per heavy atom. The fourth-order valence-electron chi connectivity index (χ4n) is 3.47. The van der Waals surface area contributed by atoms with Gasteiger partial charge in [-0.15, -0.1) is 0 Å². The molecule has 3 aromatic rings. The molecule has 1 aliphatic rings. The van der Waals surface area contributed by atoms with Crippen molar-refractivity contribution in [3.05, 3.63) is 76.3 Å². The van der Waals surface area contributed by atoms with E-state index in [9.17, 15) is 0 Å². The number of nitrogens with zero attached hydrogens (tertiary/aromatic N) is 1. The van der Waals surface area contributed by atoms with Gasteiger partial charge in [0.05, 0.1) is 18.5 Å². The van der Waals surface area contributed by atoms with Crippen LogP contribution in [0.2, 0.25) is 0 Å². The monoisotopic (exact) mass is 321 g/mol. The van der Waals surface area contributed by atoms with Crippen LogP contribution in [0, 0.1) is 4.51 Å². The summed E-state index contributed by atoms with van der Waals surface area (Å²) in [6, 6.07) is 16.7. The van der Waals surface area contributed by atoms with E-state index in [1.807, 2.05) is 18.2 Å². The first-order valence-corrected chi connectivity index (χ1v) is 8.57. The van der Waals surface area contributed by atoms with Crippen molar-refractivity contribution in [2.45, 2.75) is 32.2 Å². The van der Waals surface area contributed by atoms with Crippen LogP contribution in [-0.4, -0.2) is 4.57 Å². The molecule has 0 saturated heterocycles. The van der Waals surface area contributed by atoms with E-state index in [1.54, 1.807) is 6.26 Å². The molecule has 0 N–H and O–H groups in total. The predicted molar refractivity (Wildman–Crippen MR) is 95.2 cm³/mol. The lowest BCUT2D eigenvalue weighted by atomic mass is 9.94. The van der Waals surface area contributed by atoms with Crippen LogP contribution >= 0.6 is 12.2 Å². The van der Waals surface area contributed by atoms with Gasteiger partial charge in [0.1, 0.15) is 5.76 Å². The van der Waals surface area contributed by atoms with Crippen molar-refractivity contribution >= 4 is 12.2 Å². The molecule has 0 atom stereocenters. The standard InChI is InChI=1S/C20H19NOS/c23-20-13-19(15-7-2-1-3-8-15)21(14-16-9-6-12-22-16)18-11-5-4-10-17(18)20/h1-3,6-9,12-13H,4-5,10-11,14H2. The van der Waals surface area contributed by atoms with Gasteiger partial charge in [-0.3, -0.25) is 0 Å². The molecule has 0 spiro atoms. The zero-order valence-corrected chi connectivity index (χ0v) is 13.8. The lowest BCUT2D eigenvalue weighted by Crippen LogP contribution is -2.17. The van der Waals surface area contributed by atoms with Crippen LogP contribution in [0.5, 0.6) is 0 Å². The predicted octanol–water partition coefficient (Wildman–Crippen LogP) is 5.40. The summed E-state index contributed by atoms with van der Waals surface area (Å²) >= 11 is 5.70. The third-order valence-corrected chi connectivity index (χ3v) is 4.95. The van der Waals surface area contributed by atoms with Gasteiger partial charge >= 0.3 is 0 Å². The van der Waals surface area contributed by atoms with Crippen molar-refractivity contribution in [3.63, 3.8) is 0 Å². The van der Waals surface area contributed by atoms with Gasteiger partial charge in [-0.25, -0.2) is 0 Å². The lowest BCUT2D eigenvalue weighted by Gasteiger charge is -2.25. The van der Waals surface area contributed by atoms with E-state index in [0.717, 1.165) is 29.7 Å². The Balaban J connectivity index is 1.93. The minimum absolute atomic E-state index is 0.759. The molecular weight excluding hydrogens is 302 g/mol. The number of aromatic nitrogens is 1. The SMILES string of the molecule is S=c1cc(-c2ccccc2)n(Cc2ccco2)c2c1CCCC2. The van der Waals surface area contributed by atoms with Gasteiger partial charge < -0.3 is 8.98 Å². The molecule has 0 bridgehead atoms. The van der Waals surface area contributed by atoms with E-state index in [1.165, 1.54) is 35.4 Å². The van der Waals surface area contributed by atoms with Gasteiger partial charge in [0.2, 0.25) is 0 Å². The van der Waals surface area contributed by atoms with E-state index < -0.39 is 0 Å². The Morgan fingerprint density at radius 2 is 1.83 bits per heavy atom. The fraction of sp³-hybridized carbons (Fsp3) is 0.250. The summed E-state index contributed by atoms with van der Waals surface area (Å²) in [4.78, 5) is 0. The van der Waals surface area contributed by atoms with Gasteiger partial charge in [0.25, 0.3) is 0 Å². The van der Waals surface area contributed by atoms with Gasteiger partial charge in [-0.05, 0) is 55.0 Å². The topological polar surface area (TPSA) is 18.1 Å². The number of pyridine rings is 1. The average Bonchev–Trinajstić information content (AvgIpc) is 3.11. The molecule has 0 fully saturated rings. The van der Waals surface area contributed by atoms with Crippen LogP contribution in [0.3, 0.4) is 0 Å². The second-order valence-electron chi connectivity index (χ2n) is 6.06. The Hall–Kier alpha value is -2.13. The molecule has 2 nitrogen and oxygen atoms in total. The zero-order chi connectivity index (χ0) is 15.6. The van der Waals surface area contributed by atoms with Gasteiger partial charge in [0, 0.05) is 10.2 Å². The molecule has 2 aromatic heterocycles. The average molecular weight is 321 g/mol. The quantitative estimate of drug-likeness (QED) is 0.601. The molecule has 3 heteroatoms. The lowest BCUT2D eigenvalue weighted by molar-refractivity contribution is 0.484. The third kappa shape index (κ3) is 2.77. The third-order valence-electron chi connectivity index (χ3n) is 4.58. The maximum absolute atomic E-state index is 5.70. The van der Waals surface area contributed by atoms with Crippen molar-refractivity contribution in [3.8, 4) is 11.3 Å². The Morgan fingerprint density at radius 1 is 1.00 bits per heavy atom. The van der Waals surface area contributed by atoms with Crippen LogP contribution in [-0.2, 0) is 19.4 Å². The van der Waals surface area contributed by atoms with Gasteiger partial charge in [-0.1, -0.05) is 42.5 Å². The second-order valence-corrected chi connectivity index (χ2v) is 6.50. The van der Waals surface area contributed by atoms with Crippen molar-refractivity contribution in [1.82, 2.24) is 4.57 Å². The molecule has 1 aliphatic carbocycles. The maximum atomic E-state index is 5.70. The first-order chi connectivity index (χ1) is 11.3. The molecule has 23 heavy (non-hydrogen) atoms. The summed E-state index contributed by atoms with van der Waals surface area (Å²) in [5.74, 6) is 0.983. The van der Waals surface area contributed by atoms with Gasteiger partial charge in [-0.2, -0.15) is 0 Å². The highest BCUT2D eigenvalue weighted by Gasteiger charge is 2.18. The zero-order valence-electron chi connectivity index (χ0n) is 13.0. The van der Waals surface area contributed by atoms with Crippen LogP contribution in [0.15, 0.2) is 59.2 Å². The number of hydrogen-bond acceptors (Lipinski definition) is 2. The van der Waals surface area contributed by atoms with Crippen molar-refractivity contribution < 1.29 is 4.42 Å². The molecule has 4 rings (SSSR count). The largest absolute Gasteiger partial charge is 0.467 e. The number of rotatable bonds is 3. The molecule has 0 amide bonds. The fourth-order valence-corrected chi connectivity index (χ4v) is 3.81. The molecule has 0 unspecified atom stereocenters. The minimum Gasteiger partial charge on any atom is -0.467 e. The Bertz CT molecular complexity index is 863. The van der Waals surface area contributed by atoms with Crippen LogP contribution in [0.4, 0.5) is 0 Å². The highest BCUT2D eigenvalue weighted by molar-refractivity contribution is 7.71. The van der Waals surface area contributed by atoms with Crippen LogP contribution in [0.1, 0.15) is 29.9 Å². The van der Waals surface area contributed by atoms with E-state index >= 15 is 0 Å². The Kier molecular flexibility index (Phi) is 3.88. The highest BCUT2D eigenvalue weighted by atomic mass is 32.1. The summed E-state index contributed by atoms with van der Waals surface area (Å²) in [5.41, 5.74) is 5.14. The van der Waals surface area contributed by atoms with Crippen molar-refractivity contribution in [2.75, 3.05) is 0 Å². The number of benzene rings is 1. The van der Waals surface area contributed by atoms with Gasteiger partial charge in [0.15, 0.2) is 0 Å². The second kappa shape index (κ2) is 6.17. The first kappa shape index (κ1) is 14.5.